The van der Waals surface area contributed by atoms with Gasteiger partial charge in [0.2, 0.25) is 0 Å². The van der Waals surface area contributed by atoms with Crippen molar-refractivity contribution in [3.63, 3.8) is 0 Å². The molecule has 1 aliphatic rings. The predicted octanol–water partition coefficient (Wildman–Crippen LogP) is 1.62. The van der Waals surface area contributed by atoms with E-state index >= 15 is 0 Å². The van der Waals surface area contributed by atoms with Gasteiger partial charge in [-0.15, -0.1) is 0 Å². The molecule has 3 atom stereocenters. The first-order chi connectivity index (χ1) is 7.00. The highest BCUT2D eigenvalue weighted by Gasteiger charge is 2.34. The van der Waals surface area contributed by atoms with Crippen molar-refractivity contribution in [1.29, 1.82) is 0 Å². The second kappa shape index (κ2) is 5.39. The number of nitrogens with zero attached hydrogens (tertiary/aromatic N) is 1. The monoisotopic (exact) mass is 221 g/mol. The number of carbonyl (C=O) groups is 1. The Morgan fingerprint density at radius 3 is 2.47 bits per heavy atom. The SMILES string of the molecule is CC(CCCC(=O)O)N1C[C@@H](F)[C@H](F)C1. The molecule has 0 amide bonds. The van der Waals surface area contributed by atoms with Gasteiger partial charge in [-0.25, -0.2) is 8.78 Å². The molecule has 1 heterocycles. The summed E-state index contributed by atoms with van der Waals surface area (Å²) in [5.41, 5.74) is 0. The van der Waals surface area contributed by atoms with Crippen LogP contribution >= 0.6 is 0 Å². The molecule has 3 nitrogen and oxygen atoms in total. The van der Waals surface area contributed by atoms with Crippen LogP contribution in [0.3, 0.4) is 0 Å². The lowest BCUT2D eigenvalue weighted by Gasteiger charge is -2.22. The van der Waals surface area contributed by atoms with Crippen LogP contribution in [0, 0.1) is 0 Å². The molecule has 0 bridgehead atoms. The summed E-state index contributed by atoms with van der Waals surface area (Å²) in [4.78, 5) is 12.0. The molecular weight excluding hydrogens is 204 g/mol. The van der Waals surface area contributed by atoms with Crippen molar-refractivity contribution >= 4 is 5.97 Å². The van der Waals surface area contributed by atoms with Crippen molar-refractivity contribution in [1.82, 2.24) is 4.90 Å². The van der Waals surface area contributed by atoms with E-state index in [0.717, 1.165) is 0 Å². The number of hydrogen-bond donors (Lipinski definition) is 1. The van der Waals surface area contributed by atoms with E-state index in [1.165, 1.54) is 0 Å². The number of carboxylic acids is 1. The Kier molecular flexibility index (Phi) is 4.45. The van der Waals surface area contributed by atoms with E-state index in [-0.39, 0.29) is 25.6 Å². The Morgan fingerprint density at radius 1 is 1.47 bits per heavy atom. The molecule has 1 rings (SSSR count). The molecule has 88 valence electrons. The Hall–Kier alpha value is -0.710. The highest BCUT2D eigenvalue weighted by Crippen LogP contribution is 2.20. The van der Waals surface area contributed by atoms with Gasteiger partial charge in [0.25, 0.3) is 0 Å². The first kappa shape index (κ1) is 12.4. The molecular formula is C10H17F2NO2. The summed E-state index contributed by atoms with van der Waals surface area (Å²) in [5, 5.41) is 8.44. The third-order valence-electron chi connectivity index (χ3n) is 2.85. The fraction of sp³-hybridized carbons (Fsp3) is 0.900. The maximum absolute atomic E-state index is 12.9. The van der Waals surface area contributed by atoms with Crippen LogP contribution in [-0.2, 0) is 4.79 Å². The van der Waals surface area contributed by atoms with Crippen LogP contribution in [0.5, 0.6) is 0 Å². The number of alkyl halides is 2. The van der Waals surface area contributed by atoms with Crippen LogP contribution in [0.15, 0.2) is 0 Å². The minimum absolute atomic E-state index is 0.0587. The van der Waals surface area contributed by atoms with E-state index in [1.807, 2.05) is 6.92 Å². The molecule has 0 radical (unpaired) electrons. The number of halogens is 2. The number of hydrogen-bond acceptors (Lipinski definition) is 2. The lowest BCUT2D eigenvalue weighted by Crippen LogP contribution is -2.31. The third-order valence-corrected chi connectivity index (χ3v) is 2.85. The molecule has 0 aromatic carbocycles. The normalized spacial score (nSPS) is 29.3. The smallest absolute Gasteiger partial charge is 0.303 e. The van der Waals surface area contributed by atoms with Crippen LogP contribution < -0.4 is 0 Å². The minimum atomic E-state index is -1.38. The fourth-order valence-corrected chi connectivity index (χ4v) is 1.84. The zero-order valence-electron chi connectivity index (χ0n) is 8.83. The van der Waals surface area contributed by atoms with E-state index < -0.39 is 18.3 Å². The number of rotatable bonds is 5. The molecule has 1 aliphatic heterocycles. The zero-order chi connectivity index (χ0) is 11.4. The van der Waals surface area contributed by atoms with E-state index in [2.05, 4.69) is 0 Å². The van der Waals surface area contributed by atoms with Gasteiger partial charge in [-0.1, -0.05) is 0 Å². The van der Waals surface area contributed by atoms with Gasteiger partial charge in [0.05, 0.1) is 0 Å². The predicted molar refractivity (Wildman–Crippen MR) is 52.3 cm³/mol. The van der Waals surface area contributed by atoms with Gasteiger partial charge in [-0.3, -0.25) is 9.69 Å². The van der Waals surface area contributed by atoms with Crippen molar-refractivity contribution in [2.75, 3.05) is 13.1 Å². The number of carboxylic acid groups (broad SMARTS) is 1. The van der Waals surface area contributed by atoms with Gasteiger partial charge in [0.1, 0.15) is 12.3 Å². The number of likely N-dealkylation sites (tertiary alicyclic amines) is 1. The Bertz CT molecular complexity index is 215. The summed E-state index contributed by atoms with van der Waals surface area (Å²) in [6.07, 6.45) is -1.41. The van der Waals surface area contributed by atoms with Crippen LogP contribution in [-0.4, -0.2) is 47.5 Å². The van der Waals surface area contributed by atoms with Gasteiger partial charge >= 0.3 is 5.97 Å². The molecule has 1 saturated heterocycles. The summed E-state index contributed by atoms with van der Waals surface area (Å²) in [6, 6.07) is 0.0587. The second-order valence-electron chi connectivity index (χ2n) is 4.12. The summed E-state index contributed by atoms with van der Waals surface area (Å²) < 4.78 is 25.7. The molecule has 0 aromatic rings. The van der Waals surface area contributed by atoms with Gasteiger partial charge in [0, 0.05) is 25.6 Å². The third kappa shape index (κ3) is 3.74. The summed E-state index contributed by atoms with van der Waals surface area (Å²) >= 11 is 0. The molecule has 0 spiro atoms. The molecule has 0 aliphatic carbocycles. The van der Waals surface area contributed by atoms with E-state index in [4.69, 9.17) is 5.11 Å². The average Bonchev–Trinajstić information content (AvgIpc) is 2.46. The van der Waals surface area contributed by atoms with Crippen LogP contribution in [0.4, 0.5) is 8.78 Å². The molecule has 0 saturated carbocycles. The fourth-order valence-electron chi connectivity index (χ4n) is 1.84. The van der Waals surface area contributed by atoms with E-state index in [0.29, 0.717) is 12.8 Å². The van der Waals surface area contributed by atoms with Crippen molar-refractivity contribution < 1.29 is 18.7 Å². The minimum Gasteiger partial charge on any atom is -0.481 e. The topological polar surface area (TPSA) is 40.5 Å². The van der Waals surface area contributed by atoms with Crippen LogP contribution in [0.1, 0.15) is 26.2 Å². The maximum atomic E-state index is 12.9. The van der Waals surface area contributed by atoms with Crippen LogP contribution in [0.25, 0.3) is 0 Å². The number of aliphatic carboxylic acids is 1. The lowest BCUT2D eigenvalue weighted by atomic mass is 10.1. The van der Waals surface area contributed by atoms with E-state index in [9.17, 15) is 13.6 Å². The van der Waals surface area contributed by atoms with Gasteiger partial charge in [-0.2, -0.15) is 0 Å². The highest BCUT2D eigenvalue weighted by atomic mass is 19.2. The first-order valence-corrected chi connectivity index (χ1v) is 5.24. The lowest BCUT2D eigenvalue weighted by molar-refractivity contribution is -0.137. The Balaban J connectivity index is 2.23. The zero-order valence-corrected chi connectivity index (χ0v) is 8.83. The Labute approximate surface area is 88.1 Å². The largest absolute Gasteiger partial charge is 0.481 e. The standard InChI is InChI=1S/C10H17F2NO2/c1-7(3-2-4-10(14)15)13-5-8(11)9(12)6-13/h7-9H,2-6H2,1H3,(H,14,15)/t7?,8-,9-/m1/s1. The maximum Gasteiger partial charge on any atom is 0.303 e. The summed E-state index contributed by atoms with van der Waals surface area (Å²) in [6.45, 7) is 2.15. The van der Waals surface area contributed by atoms with Crippen LogP contribution in [0.2, 0.25) is 0 Å². The van der Waals surface area contributed by atoms with Crippen molar-refractivity contribution in [2.45, 2.75) is 44.6 Å². The molecule has 5 heteroatoms. The first-order valence-electron chi connectivity index (χ1n) is 5.24. The summed E-state index contributed by atoms with van der Waals surface area (Å²) in [5.74, 6) is -0.824. The van der Waals surface area contributed by atoms with E-state index in [1.54, 1.807) is 4.90 Å². The molecule has 0 aromatic heterocycles. The summed E-state index contributed by atoms with van der Waals surface area (Å²) in [7, 11) is 0. The van der Waals surface area contributed by atoms with Gasteiger partial charge in [-0.05, 0) is 19.8 Å². The van der Waals surface area contributed by atoms with Gasteiger partial charge < -0.3 is 5.11 Å². The van der Waals surface area contributed by atoms with Crippen molar-refractivity contribution in [2.24, 2.45) is 0 Å². The van der Waals surface area contributed by atoms with Gasteiger partial charge in [0.15, 0.2) is 0 Å². The van der Waals surface area contributed by atoms with Crippen molar-refractivity contribution in [3.8, 4) is 0 Å². The quantitative estimate of drug-likeness (QED) is 0.767. The average molecular weight is 221 g/mol. The Morgan fingerprint density at radius 2 is 2.00 bits per heavy atom. The molecule has 1 unspecified atom stereocenters. The molecule has 1 fully saturated rings. The highest BCUT2D eigenvalue weighted by molar-refractivity contribution is 5.66. The molecule has 1 N–H and O–H groups in total. The van der Waals surface area contributed by atoms with Crippen molar-refractivity contribution in [3.05, 3.63) is 0 Å². The second-order valence-corrected chi connectivity index (χ2v) is 4.12. The molecule has 15 heavy (non-hydrogen) atoms.